The molecular formula is C60H122N30O10. The van der Waals surface area contributed by atoms with Gasteiger partial charge in [0, 0.05) is 32.7 Å². The van der Waals surface area contributed by atoms with Gasteiger partial charge >= 0.3 is 0 Å². The molecule has 40 heteroatoms. The van der Waals surface area contributed by atoms with Crippen molar-refractivity contribution >= 4 is 89.2 Å². The lowest BCUT2D eigenvalue weighted by atomic mass is 10.0. The molecule has 40 nitrogen and oxygen atoms in total. The summed E-state index contributed by atoms with van der Waals surface area (Å²) < 4.78 is 0. The van der Waals surface area contributed by atoms with Crippen LogP contribution in [0.15, 0.2) is 25.0 Å². The predicted molar refractivity (Wildman–Crippen MR) is 385 cm³/mol. The summed E-state index contributed by atoms with van der Waals surface area (Å²) in [5, 5.41) is 24.4. The number of rotatable bonds is 59. The van der Waals surface area contributed by atoms with Gasteiger partial charge in [-0.25, -0.2) is 0 Å². The third-order valence-electron chi connectivity index (χ3n) is 15.4. The smallest absolute Gasteiger partial charge is 0.243 e. The van der Waals surface area contributed by atoms with Crippen molar-refractivity contribution in [3.8, 4) is 0 Å². The highest BCUT2D eigenvalue weighted by atomic mass is 16.2. The van der Waals surface area contributed by atoms with E-state index in [1.807, 2.05) is 0 Å². The van der Waals surface area contributed by atoms with Gasteiger partial charge in [0.15, 0.2) is 29.8 Å². The van der Waals surface area contributed by atoms with Crippen molar-refractivity contribution in [2.45, 2.75) is 221 Å². The number of amides is 9. The minimum absolute atomic E-state index is 0.00744. The highest BCUT2D eigenvalue weighted by molar-refractivity contribution is 5.98. The molecule has 0 bridgehead atoms. The second-order valence-electron chi connectivity index (χ2n) is 24.0. The van der Waals surface area contributed by atoms with Crippen LogP contribution in [0.4, 0.5) is 0 Å². The summed E-state index contributed by atoms with van der Waals surface area (Å²) in [6, 6.07) is -12.7. The Morgan fingerprint density at radius 3 is 0.630 bits per heavy atom. The van der Waals surface area contributed by atoms with Crippen molar-refractivity contribution < 1.29 is 47.9 Å². The van der Waals surface area contributed by atoms with E-state index in [4.69, 9.17) is 91.7 Å². The third kappa shape index (κ3) is 44.1. The van der Waals surface area contributed by atoms with Crippen LogP contribution in [0.1, 0.15) is 161 Å². The topological polar surface area (TPSA) is 757 Å². The molecule has 0 saturated heterocycles. The Morgan fingerprint density at radius 2 is 0.430 bits per heavy atom. The van der Waals surface area contributed by atoms with E-state index in [9.17, 15) is 47.9 Å². The quantitative estimate of drug-likeness (QED) is 0.0116. The fraction of sp³-hybridized carbons (Fsp3) is 0.750. The molecule has 0 aliphatic rings. The molecule has 0 aromatic carbocycles. The second kappa shape index (κ2) is 55.8. The Morgan fingerprint density at radius 1 is 0.250 bits per heavy atom. The van der Waals surface area contributed by atoms with Crippen LogP contribution in [0.2, 0.25) is 0 Å². The zero-order chi connectivity index (χ0) is 75.2. The summed E-state index contributed by atoms with van der Waals surface area (Å²) in [4.78, 5) is 161. The van der Waals surface area contributed by atoms with E-state index in [2.05, 4.69) is 72.8 Å². The Kier molecular flexibility index (Phi) is 50.8. The van der Waals surface area contributed by atoms with E-state index in [-0.39, 0.29) is 191 Å². The molecule has 9 amide bonds. The van der Waals surface area contributed by atoms with Crippen molar-refractivity contribution in [1.82, 2.24) is 47.9 Å². The lowest BCUT2D eigenvalue weighted by Crippen LogP contribution is -2.60. The first-order valence-corrected chi connectivity index (χ1v) is 34.4. The van der Waals surface area contributed by atoms with Crippen molar-refractivity contribution in [3.63, 3.8) is 0 Å². The highest BCUT2D eigenvalue weighted by Gasteiger charge is 2.35. The van der Waals surface area contributed by atoms with Gasteiger partial charge < -0.3 is 144 Å². The van der Waals surface area contributed by atoms with Crippen LogP contribution in [0.25, 0.3) is 0 Å². The van der Waals surface area contributed by atoms with E-state index >= 15 is 0 Å². The maximum absolute atomic E-state index is 14.8. The standard InChI is InChI=1S/C60H122N30O10/c61-26-6-1-17-38(66)47(92)83-43(22-12-32-78-57(69)70)52(97)85-40(19-3-8-28-63)49(94)89-45(24-14-34-80-59(73)74)54(99)87-42(21-5-10-30-65)51(96)90-46(25-15-35-81-60(75)76)55(100)86-41(20-4-9-29-64)50(95)88-44(23-13-33-79-58(71)72)53(98)84-39(18-2-7-27-62)48(93)82-37(36-91)16-11-31-77-56(67)68/h36-46H,1-35,61-66H2,(H,82,93)(H,83,92)(H,84,98)(H,85,97)(H,86,100)(H,87,99)(H,88,95)(H,89,94)(H,90,96)(H4,67,68,77)(H4,69,70,78)(H4,71,72,79)(H4,73,74,80)(H4,75,76,81)/t37-,38-,39-,40-,41-,42-,43-,44-,45-,46-/m0/s1. The first kappa shape index (κ1) is 91.0. The molecule has 0 rings (SSSR count). The van der Waals surface area contributed by atoms with Crippen LogP contribution >= 0.6 is 0 Å². The fourth-order valence-electron chi connectivity index (χ4n) is 9.94. The molecule has 0 aliphatic heterocycles. The highest BCUT2D eigenvalue weighted by Crippen LogP contribution is 2.13. The SMILES string of the molecule is NCCCC[C@H](NC(=O)[C@H](CCCN=C(N)N)NC(=O)[C@H](CCCCN)NC(=O)[C@H](CCCN=C(N)N)NC(=O)[C@H](CCCCN)NC(=O)[C@H](CCCN=C(N)N)NC(=O)[C@H](CCCCN)NC(=O)[C@H](CCCN=C(N)N)NC(=O)[C@@H](N)CCCCN)C(=O)N[C@H](C=O)CCCN=C(N)N. The molecule has 0 fully saturated rings. The zero-order valence-corrected chi connectivity index (χ0v) is 58.2. The molecule has 572 valence electrons. The van der Waals surface area contributed by atoms with Gasteiger partial charge in [0.2, 0.25) is 53.2 Å². The second-order valence-corrected chi connectivity index (χ2v) is 24.0. The van der Waals surface area contributed by atoms with E-state index in [1.54, 1.807) is 0 Å². The Hall–Kier alpha value is -8.99. The molecule has 0 aromatic heterocycles. The number of guanidine groups is 5. The van der Waals surface area contributed by atoms with Crippen molar-refractivity contribution in [3.05, 3.63) is 0 Å². The van der Waals surface area contributed by atoms with Crippen LogP contribution in [0.5, 0.6) is 0 Å². The summed E-state index contributed by atoms with van der Waals surface area (Å²) in [5.41, 5.74) is 90.6. The molecule has 10 atom stereocenters. The maximum Gasteiger partial charge on any atom is 0.243 e. The number of nitrogens with zero attached hydrogens (tertiary/aromatic N) is 5. The Balaban J connectivity index is 7.51. The van der Waals surface area contributed by atoms with Gasteiger partial charge in [-0.15, -0.1) is 0 Å². The number of aliphatic imine (C=N–C) groups is 5. The van der Waals surface area contributed by atoms with E-state index in [0.717, 1.165) is 0 Å². The van der Waals surface area contributed by atoms with Crippen molar-refractivity contribution in [1.29, 1.82) is 0 Å². The van der Waals surface area contributed by atoms with Gasteiger partial charge in [-0.1, -0.05) is 6.42 Å². The molecule has 0 radical (unpaired) electrons. The fourth-order valence-corrected chi connectivity index (χ4v) is 9.94. The number of carbonyl (C=O) groups excluding carboxylic acids is 10. The minimum atomic E-state index is -1.45. The molecule has 0 heterocycles. The van der Waals surface area contributed by atoms with E-state index in [0.29, 0.717) is 70.6 Å². The summed E-state index contributed by atoms with van der Waals surface area (Å²) in [6.07, 6.45) is 5.81. The molecule has 100 heavy (non-hydrogen) atoms. The van der Waals surface area contributed by atoms with Crippen LogP contribution in [-0.2, 0) is 47.9 Å². The van der Waals surface area contributed by atoms with Crippen LogP contribution < -0.4 is 140 Å². The maximum atomic E-state index is 14.8. The average molecular weight is 1420 g/mol. The number of nitrogens with two attached hydrogens (primary N) is 16. The number of unbranched alkanes of at least 4 members (excludes halogenated alkanes) is 5. The number of hydrogen-bond acceptors (Lipinski definition) is 21. The van der Waals surface area contributed by atoms with Gasteiger partial charge in [-0.2, -0.15) is 0 Å². The van der Waals surface area contributed by atoms with Crippen LogP contribution in [0.3, 0.4) is 0 Å². The largest absolute Gasteiger partial charge is 0.370 e. The number of carbonyl (C=O) groups is 10. The summed E-state index contributed by atoms with van der Waals surface area (Å²) in [7, 11) is 0. The molecule has 41 N–H and O–H groups in total. The zero-order valence-electron chi connectivity index (χ0n) is 58.2. The first-order valence-electron chi connectivity index (χ1n) is 34.4. The summed E-state index contributed by atoms with van der Waals surface area (Å²) in [5.74, 6) is -8.20. The van der Waals surface area contributed by atoms with E-state index in [1.165, 1.54) is 0 Å². The lowest BCUT2D eigenvalue weighted by Gasteiger charge is -2.28. The molecule has 0 aromatic rings. The first-order chi connectivity index (χ1) is 47.7. The molecule has 0 aliphatic carbocycles. The monoisotopic (exact) mass is 1420 g/mol. The summed E-state index contributed by atoms with van der Waals surface area (Å²) in [6.45, 7) is 1.63. The van der Waals surface area contributed by atoms with Gasteiger partial charge in [-0.3, -0.25) is 68.1 Å². The van der Waals surface area contributed by atoms with Gasteiger partial charge in [-0.05, 0) is 187 Å². The number of nitrogens with one attached hydrogen (secondary N) is 9. The normalized spacial score (nSPS) is 13.9. The van der Waals surface area contributed by atoms with Gasteiger partial charge in [0.1, 0.15) is 54.6 Å². The van der Waals surface area contributed by atoms with Crippen molar-refractivity contribution in [2.75, 3.05) is 65.4 Å². The van der Waals surface area contributed by atoms with Crippen LogP contribution in [-0.4, -0.2) is 215 Å². The minimum Gasteiger partial charge on any atom is -0.370 e. The molecule has 0 unspecified atom stereocenters. The van der Waals surface area contributed by atoms with E-state index < -0.39 is 114 Å². The summed E-state index contributed by atoms with van der Waals surface area (Å²) >= 11 is 0. The molecule has 0 saturated carbocycles. The van der Waals surface area contributed by atoms with Gasteiger partial charge in [0.05, 0.1) is 12.1 Å². The average Bonchev–Trinajstić information content (AvgIpc) is 0.874. The van der Waals surface area contributed by atoms with Gasteiger partial charge in [0.25, 0.3) is 0 Å². The number of hydrogen-bond donors (Lipinski definition) is 25. The predicted octanol–water partition coefficient (Wildman–Crippen LogP) is -9.21. The third-order valence-corrected chi connectivity index (χ3v) is 15.4. The Bertz CT molecular complexity index is 2580. The number of aldehydes is 1. The molecular weight excluding hydrogens is 1300 g/mol. The Labute approximate surface area is 586 Å². The van der Waals surface area contributed by atoms with Crippen LogP contribution in [0, 0.1) is 0 Å². The lowest BCUT2D eigenvalue weighted by molar-refractivity contribution is -0.136. The molecule has 0 spiro atoms. The van der Waals surface area contributed by atoms with Crippen molar-refractivity contribution in [2.24, 2.45) is 117 Å².